The summed E-state index contributed by atoms with van der Waals surface area (Å²) in [5.41, 5.74) is 0.963. The molecule has 0 aromatic carbocycles. The van der Waals surface area contributed by atoms with E-state index in [1.165, 1.54) is 0 Å². The van der Waals surface area contributed by atoms with Crippen LogP contribution < -0.4 is 15.5 Å². The molecule has 1 saturated heterocycles. The average molecular weight is 322 g/mol. The number of carbonyl (C=O) groups excluding carboxylic acids is 1. The summed E-state index contributed by atoms with van der Waals surface area (Å²) in [6.07, 6.45) is 2.21. The molecular formula is C16H26N4O3. The molecule has 0 bridgehead atoms. The molecule has 0 radical (unpaired) electrons. The van der Waals surface area contributed by atoms with E-state index in [0.717, 1.165) is 24.5 Å². The number of hydrogen-bond donors (Lipinski definition) is 2. The predicted molar refractivity (Wildman–Crippen MR) is 88.6 cm³/mol. The summed E-state index contributed by atoms with van der Waals surface area (Å²) in [5.74, 6) is 0.945. The Morgan fingerprint density at radius 2 is 2.09 bits per heavy atom. The molecule has 1 fully saturated rings. The zero-order chi connectivity index (χ0) is 16.7. The number of methoxy groups -OCH3 is 1. The first-order valence-corrected chi connectivity index (χ1v) is 7.94. The number of rotatable bonds is 6. The smallest absolute Gasteiger partial charge is 0.315 e. The molecule has 1 aliphatic rings. The fraction of sp³-hybridized carbons (Fsp3) is 0.625. The Labute approximate surface area is 137 Å². The zero-order valence-electron chi connectivity index (χ0n) is 14.0. The molecule has 23 heavy (non-hydrogen) atoms. The normalized spacial score (nSPS) is 21.1. The van der Waals surface area contributed by atoms with Crippen LogP contribution in [0.2, 0.25) is 0 Å². The lowest BCUT2D eigenvalue weighted by Gasteiger charge is -2.36. The lowest BCUT2D eigenvalue weighted by molar-refractivity contribution is -0.00546. The van der Waals surface area contributed by atoms with Gasteiger partial charge in [0.2, 0.25) is 0 Å². The van der Waals surface area contributed by atoms with Crippen molar-refractivity contribution in [1.29, 1.82) is 0 Å². The number of urea groups is 1. The van der Waals surface area contributed by atoms with Gasteiger partial charge in [-0.2, -0.15) is 0 Å². The van der Waals surface area contributed by atoms with Crippen molar-refractivity contribution in [1.82, 2.24) is 15.6 Å². The van der Waals surface area contributed by atoms with Crippen molar-refractivity contribution in [2.45, 2.75) is 32.6 Å². The van der Waals surface area contributed by atoms with Crippen LogP contribution in [0.25, 0.3) is 0 Å². The topological polar surface area (TPSA) is 75.7 Å². The van der Waals surface area contributed by atoms with Crippen LogP contribution in [0.15, 0.2) is 18.3 Å². The first-order valence-electron chi connectivity index (χ1n) is 7.94. The maximum atomic E-state index is 11.6. The molecule has 1 aromatic heterocycles. The Morgan fingerprint density at radius 1 is 1.35 bits per heavy atom. The van der Waals surface area contributed by atoms with Crippen molar-refractivity contribution in [2.75, 3.05) is 38.3 Å². The van der Waals surface area contributed by atoms with Gasteiger partial charge >= 0.3 is 6.03 Å². The van der Waals surface area contributed by atoms with Gasteiger partial charge in [-0.25, -0.2) is 9.78 Å². The molecule has 0 aliphatic carbocycles. The van der Waals surface area contributed by atoms with Crippen LogP contribution in [-0.4, -0.2) is 56.6 Å². The molecule has 0 saturated carbocycles. The van der Waals surface area contributed by atoms with Gasteiger partial charge in [0.1, 0.15) is 5.82 Å². The summed E-state index contributed by atoms with van der Waals surface area (Å²) in [6, 6.07) is 3.77. The van der Waals surface area contributed by atoms with Crippen LogP contribution in [0.1, 0.15) is 19.4 Å². The average Bonchev–Trinajstić information content (AvgIpc) is 2.53. The highest BCUT2D eigenvalue weighted by molar-refractivity contribution is 5.73. The van der Waals surface area contributed by atoms with E-state index in [-0.39, 0.29) is 18.2 Å². The van der Waals surface area contributed by atoms with E-state index in [1.54, 1.807) is 13.3 Å². The Hall–Kier alpha value is -1.86. The molecule has 0 spiro atoms. The minimum atomic E-state index is -0.207. The van der Waals surface area contributed by atoms with E-state index in [1.807, 2.05) is 12.1 Å². The number of nitrogens with one attached hydrogen (secondary N) is 2. The number of morpholine rings is 1. The van der Waals surface area contributed by atoms with E-state index in [2.05, 4.69) is 34.4 Å². The molecule has 0 unspecified atom stereocenters. The SMILES string of the molecule is COCCNC(=O)NCc1ccc(N2C[C@@H](C)O[C@H](C)C2)nc1. The van der Waals surface area contributed by atoms with Gasteiger partial charge in [-0.05, 0) is 25.5 Å². The Morgan fingerprint density at radius 3 is 2.70 bits per heavy atom. The summed E-state index contributed by atoms with van der Waals surface area (Å²) in [6.45, 7) is 7.27. The van der Waals surface area contributed by atoms with Gasteiger partial charge in [0, 0.05) is 39.5 Å². The second-order valence-corrected chi connectivity index (χ2v) is 5.79. The van der Waals surface area contributed by atoms with Gasteiger partial charge in [0.15, 0.2) is 0 Å². The molecule has 7 nitrogen and oxygen atoms in total. The molecule has 2 atom stereocenters. The largest absolute Gasteiger partial charge is 0.383 e. The third-order valence-electron chi connectivity index (χ3n) is 3.60. The number of ether oxygens (including phenoxy) is 2. The first kappa shape index (κ1) is 17.5. The maximum absolute atomic E-state index is 11.6. The monoisotopic (exact) mass is 322 g/mol. The minimum absolute atomic E-state index is 0.206. The van der Waals surface area contributed by atoms with Crippen molar-refractivity contribution in [3.05, 3.63) is 23.9 Å². The van der Waals surface area contributed by atoms with Crippen LogP contribution in [0.5, 0.6) is 0 Å². The fourth-order valence-corrected chi connectivity index (χ4v) is 2.58. The van der Waals surface area contributed by atoms with Crippen molar-refractivity contribution in [3.8, 4) is 0 Å². The summed E-state index contributed by atoms with van der Waals surface area (Å²) in [4.78, 5) is 18.3. The van der Waals surface area contributed by atoms with E-state index >= 15 is 0 Å². The third kappa shape index (κ3) is 5.69. The van der Waals surface area contributed by atoms with Crippen molar-refractivity contribution in [3.63, 3.8) is 0 Å². The molecule has 1 aromatic rings. The molecule has 7 heteroatoms. The number of amides is 2. The quantitative estimate of drug-likeness (QED) is 0.768. The Kier molecular flexibility index (Phi) is 6.61. The Bertz CT molecular complexity index is 485. The number of pyridine rings is 1. The van der Waals surface area contributed by atoms with Gasteiger partial charge in [-0.1, -0.05) is 6.07 Å². The highest BCUT2D eigenvalue weighted by Gasteiger charge is 2.22. The van der Waals surface area contributed by atoms with E-state index < -0.39 is 0 Å². The van der Waals surface area contributed by atoms with E-state index in [4.69, 9.17) is 9.47 Å². The minimum Gasteiger partial charge on any atom is -0.383 e. The predicted octanol–water partition coefficient (Wildman–Crippen LogP) is 1.14. The second kappa shape index (κ2) is 8.69. The van der Waals surface area contributed by atoms with Crippen LogP contribution in [-0.2, 0) is 16.0 Å². The maximum Gasteiger partial charge on any atom is 0.315 e. The Balaban J connectivity index is 1.81. The summed E-state index contributed by atoms with van der Waals surface area (Å²) >= 11 is 0. The number of aromatic nitrogens is 1. The molecule has 2 heterocycles. The lowest BCUT2D eigenvalue weighted by atomic mass is 10.2. The highest BCUT2D eigenvalue weighted by atomic mass is 16.5. The van der Waals surface area contributed by atoms with Crippen molar-refractivity contribution < 1.29 is 14.3 Å². The van der Waals surface area contributed by atoms with Gasteiger partial charge in [0.05, 0.1) is 18.8 Å². The summed E-state index contributed by atoms with van der Waals surface area (Å²) in [7, 11) is 1.60. The number of nitrogens with zero attached hydrogens (tertiary/aromatic N) is 2. The molecule has 2 rings (SSSR count). The van der Waals surface area contributed by atoms with Gasteiger partial charge in [-0.15, -0.1) is 0 Å². The van der Waals surface area contributed by atoms with Crippen LogP contribution >= 0.6 is 0 Å². The summed E-state index contributed by atoms with van der Waals surface area (Å²) < 4.78 is 10.6. The second-order valence-electron chi connectivity index (χ2n) is 5.79. The van der Waals surface area contributed by atoms with E-state index in [9.17, 15) is 4.79 Å². The number of hydrogen-bond acceptors (Lipinski definition) is 5. The highest BCUT2D eigenvalue weighted by Crippen LogP contribution is 2.18. The van der Waals surface area contributed by atoms with Gasteiger partial charge < -0.3 is 25.0 Å². The molecule has 2 N–H and O–H groups in total. The molecular weight excluding hydrogens is 296 g/mol. The number of carbonyl (C=O) groups is 1. The molecule has 2 amide bonds. The standard InChI is InChI=1S/C16H26N4O3/c1-12-10-20(11-13(2)23-12)15-5-4-14(8-18-15)9-19-16(21)17-6-7-22-3/h4-5,8,12-13H,6-7,9-11H2,1-3H3,(H2,17,19,21)/t12-,13-/m1/s1. The third-order valence-corrected chi connectivity index (χ3v) is 3.60. The van der Waals surface area contributed by atoms with Crippen LogP contribution in [0.3, 0.4) is 0 Å². The van der Waals surface area contributed by atoms with Crippen molar-refractivity contribution in [2.24, 2.45) is 0 Å². The first-order chi connectivity index (χ1) is 11.1. The van der Waals surface area contributed by atoms with Gasteiger partial charge in [-0.3, -0.25) is 0 Å². The van der Waals surface area contributed by atoms with E-state index in [0.29, 0.717) is 19.7 Å². The lowest BCUT2D eigenvalue weighted by Crippen LogP contribution is -2.45. The molecule has 1 aliphatic heterocycles. The summed E-state index contributed by atoms with van der Waals surface area (Å²) in [5, 5.41) is 5.50. The molecule has 128 valence electrons. The van der Waals surface area contributed by atoms with Gasteiger partial charge in [0.25, 0.3) is 0 Å². The van der Waals surface area contributed by atoms with Crippen LogP contribution in [0.4, 0.5) is 10.6 Å². The number of anilines is 1. The van der Waals surface area contributed by atoms with Crippen LogP contribution in [0, 0.1) is 0 Å². The van der Waals surface area contributed by atoms with Crippen molar-refractivity contribution >= 4 is 11.8 Å². The zero-order valence-corrected chi connectivity index (χ0v) is 14.0. The fourth-order valence-electron chi connectivity index (χ4n) is 2.58.